The third kappa shape index (κ3) is 6.30. The monoisotopic (exact) mass is 443 g/mol. The fraction of sp³-hybridized carbons (Fsp3) is 0.115. The third-order valence-electron chi connectivity index (χ3n) is 4.69. The summed E-state index contributed by atoms with van der Waals surface area (Å²) in [5.41, 5.74) is 5.43. The Morgan fingerprint density at radius 1 is 0.848 bits per heavy atom. The molecule has 3 aromatic carbocycles. The first kappa shape index (κ1) is 23.3. The van der Waals surface area contributed by atoms with Crippen LogP contribution in [0.4, 0.5) is 5.69 Å². The van der Waals surface area contributed by atoms with Gasteiger partial charge in [0.1, 0.15) is 0 Å². The van der Waals surface area contributed by atoms with Crippen molar-refractivity contribution >= 4 is 29.8 Å². The van der Waals surface area contributed by atoms with Crippen LogP contribution in [0.5, 0.6) is 11.5 Å². The SMILES string of the molecule is COc1ccc(C(=O)Nc2ccccc2C(=O)N/N=C/C(C)=C/c2ccccc2)cc1OC. The Kier molecular flexibility index (Phi) is 7.96. The summed E-state index contributed by atoms with van der Waals surface area (Å²) in [5, 5.41) is 6.80. The van der Waals surface area contributed by atoms with Crippen molar-refractivity contribution < 1.29 is 19.1 Å². The lowest BCUT2D eigenvalue weighted by molar-refractivity contribution is 0.0956. The predicted molar refractivity (Wildman–Crippen MR) is 130 cm³/mol. The smallest absolute Gasteiger partial charge is 0.273 e. The molecular weight excluding hydrogens is 418 g/mol. The molecule has 0 fully saturated rings. The van der Waals surface area contributed by atoms with Crippen LogP contribution in [-0.2, 0) is 0 Å². The molecule has 0 spiro atoms. The summed E-state index contributed by atoms with van der Waals surface area (Å²) in [7, 11) is 3.02. The van der Waals surface area contributed by atoms with Crippen LogP contribution >= 0.6 is 0 Å². The van der Waals surface area contributed by atoms with Crippen molar-refractivity contribution in [3.63, 3.8) is 0 Å². The predicted octanol–water partition coefficient (Wildman–Crippen LogP) is 4.78. The van der Waals surface area contributed by atoms with E-state index < -0.39 is 5.91 Å². The molecule has 0 saturated carbocycles. The van der Waals surface area contributed by atoms with Gasteiger partial charge in [-0.1, -0.05) is 48.5 Å². The number of anilines is 1. The molecule has 0 heterocycles. The van der Waals surface area contributed by atoms with E-state index in [4.69, 9.17) is 9.47 Å². The summed E-state index contributed by atoms with van der Waals surface area (Å²) in [5.74, 6) is 0.121. The number of methoxy groups -OCH3 is 2. The summed E-state index contributed by atoms with van der Waals surface area (Å²) in [6.07, 6.45) is 3.52. The lowest BCUT2D eigenvalue weighted by Gasteiger charge is -2.12. The van der Waals surface area contributed by atoms with Crippen molar-refractivity contribution in [2.75, 3.05) is 19.5 Å². The topological polar surface area (TPSA) is 89.0 Å². The number of carbonyl (C=O) groups is 2. The first-order chi connectivity index (χ1) is 16.0. The molecule has 0 aromatic heterocycles. The minimum atomic E-state index is -0.443. The van der Waals surface area contributed by atoms with Crippen LogP contribution in [0.25, 0.3) is 6.08 Å². The number of ether oxygens (including phenoxy) is 2. The van der Waals surface area contributed by atoms with Crippen LogP contribution in [0, 0.1) is 0 Å². The van der Waals surface area contributed by atoms with Crippen LogP contribution < -0.4 is 20.2 Å². The average molecular weight is 444 g/mol. The lowest BCUT2D eigenvalue weighted by Crippen LogP contribution is -2.21. The molecule has 33 heavy (non-hydrogen) atoms. The van der Waals surface area contributed by atoms with E-state index in [-0.39, 0.29) is 11.5 Å². The van der Waals surface area contributed by atoms with Crippen molar-refractivity contribution in [1.29, 1.82) is 0 Å². The highest BCUT2D eigenvalue weighted by Crippen LogP contribution is 2.28. The maximum absolute atomic E-state index is 12.8. The standard InChI is InChI=1S/C26H25N3O4/c1-18(15-19-9-5-4-6-10-19)17-27-29-26(31)21-11-7-8-12-22(21)28-25(30)20-13-14-23(32-2)24(16-20)33-3/h4-17H,1-3H3,(H,28,30)(H,29,31)/b18-15+,27-17+. The fourth-order valence-corrected chi connectivity index (χ4v) is 3.06. The number of allylic oxidation sites excluding steroid dienone is 1. The molecule has 0 aliphatic carbocycles. The molecule has 0 saturated heterocycles. The van der Waals surface area contributed by atoms with E-state index in [1.54, 1.807) is 48.7 Å². The number of nitrogens with zero attached hydrogens (tertiary/aromatic N) is 1. The molecule has 0 aliphatic heterocycles. The van der Waals surface area contributed by atoms with E-state index in [0.717, 1.165) is 11.1 Å². The quantitative estimate of drug-likeness (QED) is 0.388. The molecule has 0 unspecified atom stereocenters. The van der Waals surface area contributed by atoms with Gasteiger partial charge in [0, 0.05) is 5.56 Å². The second kappa shape index (κ2) is 11.3. The van der Waals surface area contributed by atoms with E-state index in [9.17, 15) is 9.59 Å². The number of hydrogen-bond donors (Lipinski definition) is 2. The molecule has 3 aromatic rings. The molecule has 7 heteroatoms. The summed E-state index contributed by atoms with van der Waals surface area (Å²) in [6, 6.07) is 21.3. The van der Waals surface area contributed by atoms with Gasteiger partial charge in [-0.15, -0.1) is 0 Å². The van der Waals surface area contributed by atoms with Gasteiger partial charge in [0.2, 0.25) is 0 Å². The van der Waals surface area contributed by atoms with Gasteiger partial charge in [0.05, 0.1) is 31.7 Å². The molecule has 168 valence electrons. The number of amides is 2. The van der Waals surface area contributed by atoms with Gasteiger partial charge in [-0.25, -0.2) is 5.43 Å². The first-order valence-corrected chi connectivity index (χ1v) is 10.2. The maximum Gasteiger partial charge on any atom is 0.273 e. The van der Waals surface area contributed by atoms with Gasteiger partial charge in [-0.2, -0.15) is 5.10 Å². The summed E-state index contributed by atoms with van der Waals surface area (Å²) >= 11 is 0. The van der Waals surface area contributed by atoms with E-state index in [0.29, 0.717) is 22.7 Å². The zero-order valence-electron chi connectivity index (χ0n) is 18.7. The zero-order valence-corrected chi connectivity index (χ0v) is 18.7. The summed E-state index contributed by atoms with van der Waals surface area (Å²) in [6.45, 7) is 1.89. The summed E-state index contributed by atoms with van der Waals surface area (Å²) in [4.78, 5) is 25.4. The van der Waals surface area contributed by atoms with Gasteiger partial charge in [0.25, 0.3) is 11.8 Å². The number of hydrazone groups is 1. The molecule has 0 bridgehead atoms. The normalized spacial score (nSPS) is 11.2. The minimum Gasteiger partial charge on any atom is -0.493 e. The molecule has 2 N–H and O–H groups in total. The number of carbonyl (C=O) groups excluding carboxylic acids is 2. The van der Waals surface area contributed by atoms with Gasteiger partial charge in [0.15, 0.2) is 11.5 Å². The van der Waals surface area contributed by atoms with Gasteiger partial charge >= 0.3 is 0 Å². The maximum atomic E-state index is 12.8. The number of nitrogens with one attached hydrogen (secondary N) is 2. The molecule has 0 aliphatic rings. The van der Waals surface area contributed by atoms with E-state index in [1.807, 2.05) is 43.3 Å². The van der Waals surface area contributed by atoms with Crippen LogP contribution in [0.1, 0.15) is 33.2 Å². The molecule has 0 radical (unpaired) electrons. The zero-order chi connectivity index (χ0) is 23.6. The second-order valence-corrected chi connectivity index (χ2v) is 7.07. The second-order valence-electron chi connectivity index (χ2n) is 7.07. The van der Waals surface area contributed by atoms with E-state index in [2.05, 4.69) is 15.8 Å². The Labute approximate surface area is 192 Å². The molecule has 2 amide bonds. The molecule has 3 rings (SSSR count). The lowest BCUT2D eigenvalue weighted by atomic mass is 10.1. The van der Waals surface area contributed by atoms with Crippen molar-refractivity contribution in [3.05, 3.63) is 95.1 Å². The highest BCUT2D eigenvalue weighted by atomic mass is 16.5. The Morgan fingerprint density at radius 2 is 1.55 bits per heavy atom. The van der Waals surface area contributed by atoms with E-state index >= 15 is 0 Å². The summed E-state index contributed by atoms with van der Waals surface area (Å²) < 4.78 is 10.5. The molecule has 0 atom stereocenters. The Balaban J connectivity index is 1.70. The van der Waals surface area contributed by atoms with Crippen LogP contribution in [0.15, 0.2) is 83.5 Å². The van der Waals surface area contributed by atoms with Crippen LogP contribution in [0.2, 0.25) is 0 Å². The molecule has 7 nitrogen and oxygen atoms in total. The first-order valence-electron chi connectivity index (χ1n) is 10.2. The average Bonchev–Trinajstić information content (AvgIpc) is 2.84. The number of hydrogen-bond acceptors (Lipinski definition) is 5. The highest BCUT2D eigenvalue weighted by Gasteiger charge is 2.15. The fourth-order valence-electron chi connectivity index (χ4n) is 3.06. The largest absolute Gasteiger partial charge is 0.493 e. The number of rotatable bonds is 8. The number of para-hydroxylation sites is 1. The van der Waals surface area contributed by atoms with Crippen molar-refractivity contribution in [1.82, 2.24) is 5.43 Å². The van der Waals surface area contributed by atoms with Crippen molar-refractivity contribution in [2.45, 2.75) is 6.92 Å². The van der Waals surface area contributed by atoms with Crippen molar-refractivity contribution in [2.24, 2.45) is 5.10 Å². The van der Waals surface area contributed by atoms with E-state index in [1.165, 1.54) is 14.2 Å². The van der Waals surface area contributed by atoms with Gasteiger partial charge in [-0.05, 0) is 48.4 Å². The van der Waals surface area contributed by atoms with Gasteiger partial charge in [-0.3, -0.25) is 9.59 Å². The van der Waals surface area contributed by atoms with Gasteiger partial charge < -0.3 is 14.8 Å². The molecular formula is C26H25N3O4. The minimum absolute atomic E-state index is 0.285. The highest BCUT2D eigenvalue weighted by molar-refractivity contribution is 6.09. The van der Waals surface area contributed by atoms with Crippen LogP contribution in [0.3, 0.4) is 0 Å². The third-order valence-corrected chi connectivity index (χ3v) is 4.69. The van der Waals surface area contributed by atoms with Crippen LogP contribution in [-0.4, -0.2) is 32.2 Å². The Morgan fingerprint density at radius 3 is 2.27 bits per heavy atom. The van der Waals surface area contributed by atoms with Crippen molar-refractivity contribution in [3.8, 4) is 11.5 Å². The Bertz CT molecular complexity index is 1190. The Hall–Kier alpha value is -4.39. The number of benzene rings is 3.